The molecule has 0 aliphatic carbocycles. The van der Waals surface area contributed by atoms with E-state index in [0.717, 1.165) is 27.8 Å². The molecular weight excluding hydrogens is 282 g/mol. The highest BCUT2D eigenvalue weighted by atomic mass is 15.0. The first-order valence-electron chi connectivity index (χ1n) is 7.87. The normalized spacial score (nSPS) is 12.1. The van der Waals surface area contributed by atoms with Crippen LogP contribution in [-0.2, 0) is 5.41 Å². The predicted octanol–water partition coefficient (Wildman–Crippen LogP) is 4.87. The molecule has 1 aromatic carbocycles. The summed E-state index contributed by atoms with van der Waals surface area (Å²) in [5.74, 6) is 0. The van der Waals surface area contributed by atoms with E-state index in [2.05, 4.69) is 71.7 Å². The van der Waals surface area contributed by atoms with Gasteiger partial charge in [-0.1, -0.05) is 32.9 Å². The third-order valence-electron chi connectivity index (χ3n) is 4.25. The summed E-state index contributed by atoms with van der Waals surface area (Å²) in [6.07, 6.45) is 3.65. The summed E-state index contributed by atoms with van der Waals surface area (Å²) < 4.78 is 2.25. The summed E-state index contributed by atoms with van der Waals surface area (Å²) in [5, 5.41) is 0. The van der Waals surface area contributed by atoms with Gasteiger partial charge in [-0.3, -0.25) is 9.97 Å². The first-order chi connectivity index (χ1) is 11.1. The lowest BCUT2D eigenvalue weighted by atomic mass is 9.87. The van der Waals surface area contributed by atoms with Crippen LogP contribution < -0.4 is 0 Å². The van der Waals surface area contributed by atoms with Gasteiger partial charge in [0.1, 0.15) is 11.0 Å². The van der Waals surface area contributed by atoms with Crippen LogP contribution in [0, 0.1) is 0 Å². The van der Waals surface area contributed by atoms with Gasteiger partial charge in [0.25, 0.3) is 0 Å². The number of rotatable bonds is 1. The van der Waals surface area contributed by atoms with Gasteiger partial charge in [0.15, 0.2) is 0 Å². The van der Waals surface area contributed by atoms with Gasteiger partial charge in [-0.15, -0.1) is 0 Å². The third kappa shape index (κ3) is 2.20. The van der Waals surface area contributed by atoms with E-state index in [4.69, 9.17) is 0 Å². The number of pyridine rings is 2. The molecule has 3 aromatic heterocycles. The fourth-order valence-electron chi connectivity index (χ4n) is 3.04. The quantitative estimate of drug-likeness (QED) is 0.502. The fourth-order valence-corrected chi connectivity index (χ4v) is 3.04. The Balaban J connectivity index is 2.09. The van der Waals surface area contributed by atoms with Crippen LogP contribution >= 0.6 is 0 Å². The van der Waals surface area contributed by atoms with Crippen molar-refractivity contribution < 1.29 is 0 Å². The Kier molecular flexibility index (Phi) is 2.98. The Morgan fingerprint density at radius 2 is 1.39 bits per heavy atom. The number of benzene rings is 1. The van der Waals surface area contributed by atoms with Crippen LogP contribution in [0.1, 0.15) is 26.3 Å². The molecular formula is C20H19N3. The van der Waals surface area contributed by atoms with Crippen molar-refractivity contribution in [3.63, 3.8) is 0 Å². The first kappa shape index (κ1) is 13.9. The largest absolute Gasteiger partial charge is 0.306 e. The average Bonchev–Trinajstić information content (AvgIpc) is 2.89. The monoisotopic (exact) mass is 301 g/mol. The highest BCUT2D eigenvalue weighted by Gasteiger charge is 2.17. The minimum absolute atomic E-state index is 0.116. The van der Waals surface area contributed by atoms with Gasteiger partial charge < -0.3 is 4.57 Å². The van der Waals surface area contributed by atoms with Crippen molar-refractivity contribution in [3.8, 4) is 5.69 Å². The second-order valence-electron chi connectivity index (χ2n) is 6.88. The molecule has 0 fully saturated rings. The van der Waals surface area contributed by atoms with E-state index in [1.54, 1.807) is 0 Å². The molecule has 0 amide bonds. The molecule has 0 atom stereocenters. The van der Waals surface area contributed by atoms with E-state index in [-0.39, 0.29) is 5.41 Å². The van der Waals surface area contributed by atoms with Crippen molar-refractivity contribution in [2.75, 3.05) is 0 Å². The Labute approximate surface area is 135 Å². The number of aromatic nitrogens is 3. The predicted molar refractivity (Wildman–Crippen MR) is 95.1 cm³/mol. The van der Waals surface area contributed by atoms with Crippen LogP contribution in [0.15, 0.2) is 60.9 Å². The van der Waals surface area contributed by atoms with Gasteiger partial charge in [0.2, 0.25) is 0 Å². The molecule has 0 aliphatic heterocycles. The van der Waals surface area contributed by atoms with Crippen LogP contribution in [0.2, 0.25) is 0 Å². The lowest BCUT2D eigenvalue weighted by molar-refractivity contribution is 0.590. The zero-order valence-corrected chi connectivity index (χ0v) is 13.6. The van der Waals surface area contributed by atoms with Crippen LogP contribution in [-0.4, -0.2) is 14.5 Å². The number of hydrogen-bond acceptors (Lipinski definition) is 2. The van der Waals surface area contributed by atoms with Gasteiger partial charge in [-0.2, -0.15) is 0 Å². The molecule has 4 rings (SSSR count). The summed E-state index contributed by atoms with van der Waals surface area (Å²) in [6, 6.07) is 16.9. The fraction of sp³-hybridized carbons (Fsp3) is 0.200. The van der Waals surface area contributed by atoms with Gasteiger partial charge in [-0.05, 0) is 47.4 Å². The molecule has 3 nitrogen and oxygen atoms in total. The number of hydrogen-bond donors (Lipinski definition) is 0. The molecule has 0 unspecified atom stereocenters. The second-order valence-corrected chi connectivity index (χ2v) is 6.88. The van der Waals surface area contributed by atoms with Gasteiger partial charge in [0, 0.05) is 18.1 Å². The molecule has 0 aliphatic rings. The molecule has 0 N–H and O–H groups in total. The lowest BCUT2D eigenvalue weighted by Crippen LogP contribution is -2.11. The standard InChI is InChI=1S/C20H19N3/c1-20(2,3)14-7-4-8-15(13-14)23-16-9-5-11-21-18(16)19-17(23)10-6-12-22-19/h4-13H,1-3H3. The van der Waals surface area contributed by atoms with E-state index in [0.29, 0.717) is 0 Å². The van der Waals surface area contributed by atoms with Crippen molar-refractivity contribution >= 4 is 22.1 Å². The summed E-state index contributed by atoms with van der Waals surface area (Å²) >= 11 is 0. The van der Waals surface area contributed by atoms with E-state index in [1.807, 2.05) is 24.5 Å². The molecule has 0 saturated heterocycles. The van der Waals surface area contributed by atoms with E-state index in [9.17, 15) is 0 Å². The Morgan fingerprint density at radius 3 is 1.96 bits per heavy atom. The highest BCUT2D eigenvalue weighted by Crippen LogP contribution is 2.31. The van der Waals surface area contributed by atoms with Gasteiger partial charge in [-0.25, -0.2) is 0 Å². The minimum atomic E-state index is 0.116. The van der Waals surface area contributed by atoms with Crippen LogP contribution in [0.25, 0.3) is 27.8 Å². The van der Waals surface area contributed by atoms with E-state index >= 15 is 0 Å². The third-order valence-corrected chi connectivity index (χ3v) is 4.25. The lowest BCUT2D eigenvalue weighted by Gasteiger charge is -2.20. The molecule has 114 valence electrons. The zero-order chi connectivity index (χ0) is 16.0. The zero-order valence-electron chi connectivity index (χ0n) is 13.6. The topological polar surface area (TPSA) is 30.7 Å². The summed E-state index contributed by atoms with van der Waals surface area (Å²) in [5.41, 5.74) is 6.66. The highest BCUT2D eigenvalue weighted by molar-refractivity contribution is 6.04. The Hall–Kier alpha value is -2.68. The van der Waals surface area contributed by atoms with Gasteiger partial charge in [0.05, 0.1) is 11.0 Å². The molecule has 0 spiro atoms. The maximum atomic E-state index is 4.54. The molecule has 3 heterocycles. The van der Waals surface area contributed by atoms with Crippen molar-refractivity contribution in [2.45, 2.75) is 26.2 Å². The maximum Gasteiger partial charge on any atom is 0.115 e. The Bertz CT molecular complexity index is 953. The van der Waals surface area contributed by atoms with Crippen molar-refractivity contribution in [2.24, 2.45) is 0 Å². The Morgan fingerprint density at radius 1 is 0.783 bits per heavy atom. The molecule has 0 saturated carbocycles. The second kappa shape index (κ2) is 4.92. The number of fused-ring (bicyclic) bond motifs is 3. The van der Waals surface area contributed by atoms with E-state index < -0.39 is 0 Å². The molecule has 4 aromatic rings. The van der Waals surface area contributed by atoms with Crippen LogP contribution in [0.5, 0.6) is 0 Å². The van der Waals surface area contributed by atoms with Crippen LogP contribution in [0.3, 0.4) is 0 Å². The van der Waals surface area contributed by atoms with E-state index in [1.165, 1.54) is 5.56 Å². The first-order valence-corrected chi connectivity index (χ1v) is 7.87. The maximum absolute atomic E-state index is 4.54. The summed E-state index contributed by atoms with van der Waals surface area (Å²) in [4.78, 5) is 9.09. The smallest absolute Gasteiger partial charge is 0.115 e. The molecule has 3 heteroatoms. The molecule has 23 heavy (non-hydrogen) atoms. The van der Waals surface area contributed by atoms with Gasteiger partial charge >= 0.3 is 0 Å². The summed E-state index contributed by atoms with van der Waals surface area (Å²) in [7, 11) is 0. The SMILES string of the molecule is CC(C)(C)c1cccc(-n2c3cccnc3c3ncccc32)c1. The minimum Gasteiger partial charge on any atom is -0.306 e. The molecule has 0 bridgehead atoms. The average molecular weight is 301 g/mol. The van der Waals surface area contributed by atoms with Crippen molar-refractivity contribution in [1.82, 2.24) is 14.5 Å². The molecule has 0 radical (unpaired) electrons. The van der Waals surface area contributed by atoms with Crippen LogP contribution in [0.4, 0.5) is 0 Å². The van der Waals surface area contributed by atoms with Crippen molar-refractivity contribution in [3.05, 3.63) is 66.5 Å². The van der Waals surface area contributed by atoms with Crippen molar-refractivity contribution in [1.29, 1.82) is 0 Å². The summed E-state index contributed by atoms with van der Waals surface area (Å²) in [6.45, 7) is 6.71. The number of nitrogens with zero attached hydrogens (tertiary/aromatic N) is 3.